The molecule has 4 rings (SSSR count). The minimum Gasteiger partial charge on any atom is -0.486 e. The number of amides is 1. The first-order valence-corrected chi connectivity index (χ1v) is 8.64. The van der Waals surface area contributed by atoms with Gasteiger partial charge in [-0.15, -0.1) is 16.4 Å². The summed E-state index contributed by atoms with van der Waals surface area (Å²) in [6.45, 7) is 0.955. The highest BCUT2D eigenvalue weighted by Crippen LogP contribution is 2.31. The number of carbonyl (C=O) groups excluding carboxylic acids is 1. The third-order valence-corrected chi connectivity index (χ3v) is 4.68. The second kappa shape index (κ2) is 6.73. The number of halogens is 1. The van der Waals surface area contributed by atoms with E-state index >= 15 is 0 Å². The molecule has 0 aliphatic carbocycles. The van der Waals surface area contributed by atoms with Crippen molar-refractivity contribution in [2.24, 2.45) is 0 Å². The lowest BCUT2D eigenvalue weighted by atomic mass is 10.2. The fourth-order valence-corrected chi connectivity index (χ4v) is 3.40. The first-order valence-electron chi connectivity index (χ1n) is 7.45. The fourth-order valence-electron chi connectivity index (χ4n) is 2.33. The molecule has 1 aromatic carbocycles. The number of ether oxygens (including phenoxy) is 2. The van der Waals surface area contributed by atoms with E-state index in [1.165, 1.54) is 11.3 Å². The van der Waals surface area contributed by atoms with Gasteiger partial charge < -0.3 is 13.9 Å². The van der Waals surface area contributed by atoms with Crippen LogP contribution in [0.15, 0.2) is 34.7 Å². The van der Waals surface area contributed by atoms with Crippen molar-refractivity contribution in [2.75, 3.05) is 18.5 Å². The van der Waals surface area contributed by atoms with Crippen LogP contribution in [0.1, 0.15) is 21.1 Å². The van der Waals surface area contributed by atoms with Crippen LogP contribution in [0.3, 0.4) is 0 Å². The van der Waals surface area contributed by atoms with Crippen molar-refractivity contribution in [3.05, 3.63) is 51.0 Å². The van der Waals surface area contributed by atoms with Crippen molar-refractivity contribution >= 4 is 34.9 Å². The molecule has 1 amide bonds. The number of hydrogen-bond donors (Lipinski definition) is 1. The van der Waals surface area contributed by atoms with E-state index < -0.39 is 0 Å². The SMILES string of the molecule is O=C(Nc1nnc(Cc2ccc(Cl)s2)o1)c1ccc2c(c1)OCCO2. The summed E-state index contributed by atoms with van der Waals surface area (Å²) in [7, 11) is 0. The average Bonchev–Trinajstić information content (AvgIpc) is 3.23. The molecule has 0 saturated carbocycles. The Morgan fingerprint density at radius 3 is 2.80 bits per heavy atom. The van der Waals surface area contributed by atoms with Crippen LogP contribution < -0.4 is 14.8 Å². The van der Waals surface area contributed by atoms with Gasteiger partial charge >= 0.3 is 6.01 Å². The fraction of sp³-hybridized carbons (Fsp3) is 0.188. The van der Waals surface area contributed by atoms with Gasteiger partial charge in [0.1, 0.15) is 13.2 Å². The molecule has 3 heterocycles. The smallest absolute Gasteiger partial charge is 0.322 e. The van der Waals surface area contributed by atoms with E-state index in [9.17, 15) is 4.79 Å². The number of benzene rings is 1. The van der Waals surface area contributed by atoms with Crippen molar-refractivity contribution in [3.8, 4) is 11.5 Å². The van der Waals surface area contributed by atoms with Gasteiger partial charge in [0.05, 0.1) is 10.8 Å². The van der Waals surface area contributed by atoms with Crippen LogP contribution in [-0.4, -0.2) is 29.3 Å². The first kappa shape index (κ1) is 15.9. The Bertz CT molecular complexity index is 924. The maximum Gasteiger partial charge on any atom is 0.322 e. The highest BCUT2D eigenvalue weighted by Gasteiger charge is 2.17. The molecule has 0 fully saturated rings. The number of nitrogens with one attached hydrogen (secondary N) is 1. The molecular formula is C16H12ClN3O4S. The predicted octanol–water partition coefficient (Wildman–Crippen LogP) is 3.40. The zero-order chi connectivity index (χ0) is 17.2. The molecule has 9 heteroatoms. The molecule has 0 bridgehead atoms. The number of fused-ring (bicyclic) bond motifs is 1. The van der Waals surface area contributed by atoms with Gasteiger partial charge in [-0.25, -0.2) is 0 Å². The standard InChI is InChI=1S/C16H12ClN3O4S/c17-13-4-2-10(25-13)8-14-19-20-16(24-14)18-15(21)9-1-3-11-12(7-9)23-6-5-22-11/h1-4,7H,5-6,8H2,(H,18,20,21). The molecule has 1 N–H and O–H groups in total. The van der Waals surface area contributed by atoms with Gasteiger partial charge in [-0.2, -0.15) is 0 Å². The Hall–Kier alpha value is -2.58. The maximum absolute atomic E-state index is 12.3. The number of aromatic nitrogens is 2. The van der Waals surface area contributed by atoms with Crippen LogP contribution in [0.4, 0.5) is 6.01 Å². The van der Waals surface area contributed by atoms with Crippen LogP contribution in [0.5, 0.6) is 11.5 Å². The van der Waals surface area contributed by atoms with E-state index in [0.29, 0.717) is 46.9 Å². The molecule has 0 atom stereocenters. The lowest BCUT2D eigenvalue weighted by Crippen LogP contribution is -2.17. The lowest BCUT2D eigenvalue weighted by molar-refractivity contribution is 0.102. The Balaban J connectivity index is 1.44. The number of rotatable bonds is 4. The van der Waals surface area contributed by atoms with Crippen molar-refractivity contribution in [2.45, 2.75) is 6.42 Å². The Morgan fingerprint density at radius 1 is 1.16 bits per heavy atom. The van der Waals surface area contributed by atoms with Gasteiger partial charge in [0.2, 0.25) is 5.89 Å². The van der Waals surface area contributed by atoms with E-state index in [1.54, 1.807) is 18.2 Å². The molecule has 2 aromatic heterocycles. The number of carbonyl (C=O) groups is 1. The van der Waals surface area contributed by atoms with Crippen molar-refractivity contribution < 1.29 is 18.7 Å². The topological polar surface area (TPSA) is 86.5 Å². The molecule has 0 unspecified atom stereocenters. The lowest BCUT2D eigenvalue weighted by Gasteiger charge is -2.18. The summed E-state index contributed by atoms with van der Waals surface area (Å²) < 4.78 is 17.1. The minimum absolute atomic E-state index is 0.0394. The van der Waals surface area contributed by atoms with Gasteiger partial charge in [-0.3, -0.25) is 10.1 Å². The van der Waals surface area contributed by atoms with E-state index in [0.717, 1.165) is 4.88 Å². The summed E-state index contributed by atoms with van der Waals surface area (Å²) in [5.74, 6) is 1.19. The quantitative estimate of drug-likeness (QED) is 0.749. The molecule has 3 aromatic rings. The average molecular weight is 378 g/mol. The molecule has 25 heavy (non-hydrogen) atoms. The van der Waals surface area contributed by atoms with Crippen molar-refractivity contribution in [3.63, 3.8) is 0 Å². The first-order chi connectivity index (χ1) is 12.2. The van der Waals surface area contributed by atoms with Gasteiger partial charge in [0.25, 0.3) is 5.91 Å². The van der Waals surface area contributed by atoms with Gasteiger partial charge in [-0.1, -0.05) is 16.7 Å². The van der Waals surface area contributed by atoms with Crippen LogP contribution >= 0.6 is 22.9 Å². The summed E-state index contributed by atoms with van der Waals surface area (Å²) in [6, 6.07) is 8.70. The Labute approximate surface area is 151 Å². The van der Waals surface area contributed by atoms with Gasteiger partial charge in [0, 0.05) is 10.4 Å². The Kier molecular flexibility index (Phi) is 4.29. The molecule has 0 saturated heterocycles. The molecule has 0 radical (unpaired) electrons. The molecule has 1 aliphatic heterocycles. The van der Waals surface area contributed by atoms with E-state index in [4.69, 9.17) is 25.5 Å². The van der Waals surface area contributed by atoms with E-state index in [-0.39, 0.29) is 11.9 Å². The maximum atomic E-state index is 12.3. The molecule has 7 nitrogen and oxygen atoms in total. The summed E-state index contributed by atoms with van der Waals surface area (Å²) in [4.78, 5) is 13.3. The largest absolute Gasteiger partial charge is 0.486 e. The minimum atomic E-state index is -0.369. The highest BCUT2D eigenvalue weighted by atomic mass is 35.5. The summed E-state index contributed by atoms with van der Waals surface area (Å²) >= 11 is 7.33. The van der Waals surface area contributed by atoms with Crippen molar-refractivity contribution in [1.29, 1.82) is 0 Å². The zero-order valence-electron chi connectivity index (χ0n) is 12.8. The number of hydrogen-bond acceptors (Lipinski definition) is 7. The third-order valence-electron chi connectivity index (χ3n) is 3.45. The second-order valence-electron chi connectivity index (χ2n) is 5.20. The van der Waals surface area contributed by atoms with Gasteiger partial charge in [-0.05, 0) is 30.3 Å². The van der Waals surface area contributed by atoms with Gasteiger partial charge in [0.15, 0.2) is 11.5 Å². The number of thiophene rings is 1. The second-order valence-corrected chi connectivity index (χ2v) is 7.00. The van der Waals surface area contributed by atoms with E-state index in [1.807, 2.05) is 12.1 Å². The number of anilines is 1. The van der Waals surface area contributed by atoms with Crippen LogP contribution in [-0.2, 0) is 6.42 Å². The monoisotopic (exact) mass is 377 g/mol. The highest BCUT2D eigenvalue weighted by molar-refractivity contribution is 7.16. The molecule has 128 valence electrons. The summed E-state index contributed by atoms with van der Waals surface area (Å²) in [6.07, 6.45) is 0.463. The third kappa shape index (κ3) is 3.59. The van der Waals surface area contributed by atoms with Crippen LogP contribution in [0.25, 0.3) is 0 Å². The number of nitrogens with zero attached hydrogens (tertiary/aromatic N) is 2. The molecule has 0 spiro atoms. The Morgan fingerprint density at radius 2 is 2.00 bits per heavy atom. The summed E-state index contributed by atoms with van der Waals surface area (Å²) in [5.41, 5.74) is 0.411. The molecular weight excluding hydrogens is 366 g/mol. The van der Waals surface area contributed by atoms with Crippen molar-refractivity contribution in [1.82, 2.24) is 10.2 Å². The normalized spacial score (nSPS) is 12.8. The molecule has 1 aliphatic rings. The summed E-state index contributed by atoms with van der Waals surface area (Å²) in [5, 5.41) is 10.3. The predicted molar refractivity (Wildman–Crippen MR) is 91.8 cm³/mol. The van der Waals surface area contributed by atoms with Crippen LogP contribution in [0.2, 0.25) is 4.34 Å². The zero-order valence-corrected chi connectivity index (χ0v) is 14.4. The van der Waals surface area contributed by atoms with E-state index in [2.05, 4.69) is 15.5 Å². The van der Waals surface area contributed by atoms with Crippen LogP contribution in [0, 0.1) is 0 Å².